The molecular formula is C16H23N5. The van der Waals surface area contributed by atoms with Gasteiger partial charge < -0.3 is 16.0 Å². The highest BCUT2D eigenvalue weighted by atomic mass is 15.2. The van der Waals surface area contributed by atoms with E-state index in [-0.39, 0.29) is 5.54 Å². The number of likely N-dealkylation sites (N-methyl/N-ethyl adjacent to an activating group) is 1. The minimum Gasteiger partial charge on any atom is -0.399 e. The zero-order chi connectivity index (χ0) is 14.9. The number of nitrogens with zero attached hydrogens (tertiary/aromatic N) is 3. The highest BCUT2D eigenvalue weighted by Crippen LogP contribution is 2.34. The van der Waals surface area contributed by atoms with Crippen LogP contribution in [0, 0.1) is 0 Å². The second-order valence-electron chi connectivity index (χ2n) is 6.18. The zero-order valence-corrected chi connectivity index (χ0v) is 12.8. The number of aromatic nitrogens is 2. The number of benzene rings is 1. The molecule has 0 amide bonds. The van der Waals surface area contributed by atoms with Gasteiger partial charge in [0.05, 0.1) is 5.52 Å². The maximum absolute atomic E-state index is 5.89. The van der Waals surface area contributed by atoms with Crippen LogP contribution in [0.2, 0.25) is 0 Å². The molecule has 1 aliphatic rings. The van der Waals surface area contributed by atoms with Crippen LogP contribution in [-0.2, 0) is 0 Å². The molecule has 0 atom stereocenters. The summed E-state index contributed by atoms with van der Waals surface area (Å²) in [6.45, 7) is 0.904. The molecule has 112 valence electrons. The minimum atomic E-state index is 0.234. The molecule has 1 aliphatic carbocycles. The Morgan fingerprint density at radius 1 is 1.24 bits per heavy atom. The molecule has 0 aliphatic heterocycles. The van der Waals surface area contributed by atoms with Crippen molar-refractivity contribution in [3.05, 3.63) is 24.5 Å². The first-order chi connectivity index (χ1) is 10.1. The van der Waals surface area contributed by atoms with Crippen molar-refractivity contribution >= 4 is 22.4 Å². The van der Waals surface area contributed by atoms with E-state index in [1.165, 1.54) is 25.7 Å². The Hall–Kier alpha value is -1.88. The third-order valence-corrected chi connectivity index (χ3v) is 4.73. The van der Waals surface area contributed by atoms with Gasteiger partial charge in [-0.15, -0.1) is 0 Å². The molecule has 0 radical (unpaired) electrons. The topological polar surface area (TPSA) is 67.1 Å². The Bertz CT molecular complexity index is 632. The Labute approximate surface area is 125 Å². The molecule has 5 nitrogen and oxygen atoms in total. The van der Waals surface area contributed by atoms with Gasteiger partial charge in [-0.2, -0.15) is 0 Å². The number of nitrogen functional groups attached to an aromatic ring is 1. The fourth-order valence-electron chi connectivity index (χ4n) is 3.28. The van der Waals surface area contributed by atoms with Gasteiger partial charge in [-0.05, 0) is 45.1 Å². The van der Waals surface area contributed by atoms with Gasteiger partial charge in [-0.25, -0.2) is 9.97 Å². The minimum absolute atomic E-state index is 0.234. The van der Waals surface area contributed by atoms with Crippen molar-refractivity contribution in [3.8, 4) is 0 Å². The maximum Gasteiger partial charge on any atom is 0.137 e. The fourth-order valence-corrected chi connectivity index (χ4v) is 3.28. The van der Waals surface area contributed by atoms with E-state index in [0.717, 1.165) is 29.0 Å². The SMILES string of the molecule is CN(C)C1(CNc2ncnc3ccc(N)cc23)CCCC1. The normalized spacial score (nSPS) is 17.5. The molecule has 1 heterocycles. The lowest BCUT2D eigenvalue weighted by Crippen LogP contribution is -2.47. The lowest BCUT2D eigenvalue weighted by atomic mass is 9.96. The third kappa shape index (κ3) is 2.65. The first-order valence-corrected chi connectivity index (χ1v) is 7.52. The molecule has 5 heteroatoms. The highest BCUT2D eigenvalue weighted by molar-refractivity contribution is 5.91. The van der Waals surface area contributed by atoms with Gasteiger partial charge in [-0.1, -0.05) is 12.8 Å². The highest BCUT2D eigenvalue weighted by Gasteiger charge is 2.35. The number of hydrogen-bond acceptors (Lipinski definition) is 5. The summed E-state index contributed by atoms with van der Waals surface area (Å²) < 4.78 is 0. The van der Waals surface area contributed by atoms with Crippen molar-refractivity contribution in [1.29, 1.82) is 0 Å². The number of rotatable bonds is 4. The molecule has 0 unspecified atom stereocenters. The maximum atomic E-state index is 5.89. The van der Waals surface area contributed by atoms with Crippen LogP contribution in [0.25, 0.3) is 10.9 Å². The van der Waals surface area contributed by atoms with Crippen molar-refractivity contribution in [3.63, 3.8) is 0 Å². The second-order valence-corrected chi connectivity index (χ2v) is 6.18. The molecule has 2 aromatic rings. The lowest BCUT2D eigenvalue weighted by molar-refractivity contribution is 0.172. The summed E-state index contributed by atoms with van der Waals surface area (Å²) in [6.07, 6.45) is 6.68. The standard InChI is InChI=1S/C16H23N5/c1-21(2)16(7-3-4-8-16)10-18-15-13-9-12(17)5-6-14(13)19-11-20-15/h5-6,9,11H,3-4,7-8,10,17H2,1-2H3,(H,18,19,20). The molecule has 1 aromatic heterocycles. The molecular weight excluding hydrogens is 262 g/mol. The van der Waals surface area contributed by atoms with Gasteiger partial charge in [0.15, 0.2) is 0 Å². The Balaban J connectivity index is 1.86. The first kappa shape index (κ1) is 14.1. The molecule has 0 spiro atoms. The van der Waals surface area contributed by atoms with Gasteiger partial charge in [0.1, 0.15) is 12.1 Å². The van der Waals surface area contributed by atoms with Crippen molar-refractivity contribution < 1.29 is 0 Å². The van der Waals surface area contributed by atoms with Gasteiger partial charge >= 0.3 is 0 Å². The predicted octanol–water partition coefficient (Wildman–Crippen LogP) is 2.50. The van der Waals surface area contributed by atoms with Crippen LogP contribution in [0.5, 0.6) is 0 Å². The monoisotopic (exact) mass is 285 g/mol. The van der Waals surface area contributed by atoms with Crippen molar-refractivity contribution in [2.45, 2.75) is 31.2 Å². The quantitative estimate of drug-likeness (QED) is 0.845. The van der Waals surface area contributed by atoms with Crippen LogP contribution >= 0.6 is 0 Å². The summed E-state index contributed by atoms with van der Waals surface area (Å²) in [7, 11) is 4.34. The molecule has 1 saturated carbocycles. The molecule has 21 heavy (non-hydrogen) atoms. The fraction of sp³-hybridized carbons (Fsp3) is 0.500. The molecule has 3 rings (SSSR count). The van der Waals surface area contributed by atoms with E-state index in [9.17, 15) is 0 Å². The van der Waals surface area contributed by atoms with Crippen LogP contribution in [0.3, 0.4) is 0 Å². The molecule has 3 N–H and O–H groups in total. The Kier molecular flexibility index (Phi) is 3.68. The van der Waals surface area contributed by atoms with Crippen molar-refractivity contribution in [1.82, 2.24) is 14.9 Å². The van der Waals surface area contributed by atoms with Crippen molar-refractivity contribution in [2.75, 3.05) is 31.7 Å². The van der Waals surface area contributed by atoms with E-state index in [0.29, 0.717) is 0 Å². The third-order valence-electron chi connectivity index (χ3n) is 4.73. The van der Waals surface area contributed by atoms with Crippen LogP contribution in [0.1, 0.15) is 25.7 Å². The summed E-state index contributed by atoms with van der Waals surface area (Å²) in [6, 6.07) is 5.75. The smallest absolute Gasteiger partial charge is 0.137 e. The Morgan fingerprint density at radius 2 is 2.00 bits per heavy atom. The summed E-state index contributed by atoms with van der Waals surface area (Å²) in [5.41, 5.74) is 7.79. The van der Waals surface area contributed by atoms with Gasteiger partial charge in [-0.3, -0.25) is 0 Å². The largest absolute Gasteiger partial charge is 0.399 e. The number of nitrogens with one attached hydrogen (secondary N) is 1. The average Bonchev–Trinajstić information content (AvgIpc) is 2.95. The van der Waals surface area contributed by atoms with Crippen LogP contribution < -0.4 is 11.1 Å². The summed E-state index contributed by atoms with van der Waals surface area (Å²) in [4.78, 5) is 11.1. The van der Waals surface area contributed by atoms with Crippen LogP contribution in [-0.4, -0.2) is 41.0 Å². The number of nitrogens with two attached hydrogens (primary N) is 1. The second kappa shape index (κ2) is 5.48. The first-order valence-electron chi connectivity index (χ1n) is 7.52. The lowest BCUT2D eigenvalue weighted by Gasteiger charge is -2.36. The van der Waals surface area contributed by atoms with E-state index in [1.54, 1.807) is 6.33 Å². The van der Waals surface area contributed by atoms with E-state index >= 15 is 0 Å². The number of fused-ring (bicyclic) bond motifs is 1. The summed E-state index contributed by atoms with van der Waals surface area (Å²) >= 11 is 0. The van der Waals surface area contributed by atoms with E-state index in [2.05, 4.69) is 34.3 Å². The number of hydrogen-bond donors (Lipinski definition) is 2. The predicted molar refractivity (Wildman–Crippen MR) is 87.3 cm³/mol. The van der Waals surface area contributed by atoms with E-state index in [1.807, 2.05) is 18.2 Å². The molecule has 0 bridgehead atoms. The molecule has 1 fully saturated rings. The molecule has 0 saturated heterocycles. The van der Waals surface area contributed by atoms with Crippen molar-refractivity contribution in [2.24, 2.45) is 0 Å². The number of anilines is 2. The van der Waals surface area contributed by atoms with E-state index in [4.69, 9.17) is 5.73 Å². The van der Waals surface area contributed by atoms with Gasteiger partial charge in [0.2, 0.25) is 0 Å². The van der Waals surface area contributed by atoms with Gasteiger partial charge in [0, 0.05) is 23.2 Å². The van der Waals surface area contributed by atoms with Crippen LogP contribution in [0.15, 0.2) is 24.5 Å². The Morgan fingerprint density at radius 3 is 2.71 bits per heavy atom. The summed E-state index contributed by atoms with van der Waals surface area (Å²) in [5.74, 6) is 0.875. The average molecular weight is 285 g/mol. The van der Waals surface area contributed by atoms with Crippen LogP contribution in [0.4, 0.5) is 11.5 Å². The zero-order valence-electron chi connectivity index (χ0n) is 12.8. The van der Waals surface area contributed by atoms with E-state index < -0.39 is 0 Å². The van der Waals surface area contributed by atoms with Gasteiger partial charge in [0.25, 0.3) is 0 Å². The summed E-state index contributed by atoms with van der Waals surface area (Å²) in [5, 5.41) is 4.52. The molecule has 1 aromatic carbocycles.